The number of hydrogen-bond acceptors (Lipinski definition) is 3. The highest BCUT2D eigenvalue weighted by molar-refractivity contribution is 6.31. The van der Waals surface area contributed by atoms with Crippen LogP contribution in [0.25, 0.3) is 0 Å². The van der Waals surface area contributed by atoms with Gasteiger partial charge in [0, 0.05) is 23.6 Å². The first kappa shape index (κ1) is 13.7. The summed E-state index contributed by atoms with van der Waals surface area (Å²) in [5, 5.41) is 4.12. The van der Waals surface area contributed by atoms with Crippen molar-refractivity contribution in [1.82, 2.24) is 5.32 Å². The molecule has 2 rings (SSSR count). The lowest BCUT2D eigenvalue weighted by molar-refractivity contribution is 0.140. The lowest BCUT2D eigenvalue weighted by atomic mass is 10.2. The molecule has 1 unspecified atom stereocenters. The van der Waals surface area contributed by atoms with Gasteiger partial charge < -0.3 is 14.8 Å². The highest BCUT2D eigenvalue weighted by Crippen LogP contribution is 2.28. The molecule has 0 aromatic heterocycles. The van der Waals surface area contributed by atoms with Crippen LogP contribution in [-0.4, -0.2) is 25.9 Å². The van der Waals surface area contributed by atoms with Gasteiger partial charge in [0.1, 0.15) is 11.9 Å². The van der Waals surface area contributed by atoms with Crippen molar-refractivity contribution >= 4 is 11.6 Å². The van der Waals surface area contributed by atoms with Gasteiger partial charge in [-0.05, 0) is 25.1 Å². The minimum Gasteiger partial charge on any atom is -0.488 e. The molecule has 100 valence electrons. The predicted molar refractivity (Wildman–Crippen MR) is 73.3 cm³/mol. The average molecular weight is 270 g/mol. The number of halogens is 1. The molecule has 1 aromatic rings. The zero-order valence-corrected chi connectivity index (χ0v) is 11.5. The van der Waals surface area contributed by atoms with Crippen LogP contribution >= 0.6 is 11.6 Å². The largest absolute Gasteiger partial charge is 0.488 e. The highest BCUT2D eigenvalue weighted by atomic mass is 35.5. The van der Waals surface area contributed by atoms with Gasteiger partial charge in [-0.15, -0.1) is 0 Å². The second-order valence-corrected chi connectivity index (χ2v) is 4.90. The smallest absolute Gasteiger partial charge is 0.125 e. The molecule has 0 radical (unpaired) electrons. The minimum absolute atomic E-state index is 0.161. The van der Waals surface area contributed by atoms with Gasteiger partial charge in [-0.1, -0.05) is 24.6 Å². The van der Waals surface area contributed by atoms with Gasteiger partial charge in [0.15, 0.2) is 0 Å². The molecule has 0 amide bonds. The van der Waals surface area contributed by atoms with Gasteiger partial charge >= 0.3 is 0 Å². The van der Waals surface area contributed by atoms with E-state index in [9.17, 15) is 0 Å². The molecule has 0 aliphatic carbocycles. The van der Waals surface area contributed by atoms with E-state index in [1.807, 2.05) is 18.2 Å². The average Bonchev–Trinajstić information content (AvgIpc) is 2.86. The maximum Gasteiger partial charge on any atom is 0.125 e. The Balaban J connectivity index is 2.04. The summed E-state index contributed by atoms with van der Waals surface area (Å²) in [5.41, 5.74) is 1.04. The van der Waals surface area contributed by atoms with Crippen LogP contribution in [0.1, 0.15) is 25.3 Å². The Kier molecular flexibility index (Phi) is 5.29. The molecular formula is C14H20ClNO2. The Bertz CT molecular complexity index is 378. The van der Waals surface area contributed by atoms with Crippen LogP contribution in [0, 0.1) is 0 Å². The van der Waals surface area contributed by atoms with Crippen molar-refractivity contribution in [3.63, 3.8) is 0 Å². The van der Waals surface area contributed by atoms with Gasteiger partial charge in [-0.25, -0.2) is 0 Å². The lowest BCUT2D eigenvalue weighted by Gasteiger charge is -2.17. The molecule has 1 aliphatic heterocycles. The normalized spacial score (nSPS) is 19.1. The molecule has 1 saturated heterocycles. The lowest BCUT2D eigenvalue weighted by Crippen LogP contribution is -2.19. The fourth-order valence-corrected chi connectivity index (χ4v) is 2.23. The van der Waals surface area contributed by atoms with Crippen LogP contribution in [0.4, 0.5) is 0 Å². The zero-order valence-electron chi connectivity index (χ0n) is 10.7. The Morgan fingerprint density at radius 3 is 3.11 bits per heavy atom. The molecule has 0 spiro atoms. The number of hydrogen-bond donors (Lipinski definition) is 1. The van der Waals surface area contributed by atoms with Gasteiger partial charge in [-0.3, -0.25) is 0 Å². The van der Waals surface area contributed by atoms with E-state index in [-0.39, 0.29) is 6.10 Å². The molecule has 18 heavy (non-hydrogen) atoms. The summed E-state index contributed by atoms with van der Waals surface area (Å²) >= 11 is 6.24. The standard InChI is InChI=1S/C14H20ClNO2/c1-2-7-16-9-12-13(15)4-3-5-14(12)18-11-6-8-17-10-11/h3-5,11,16H,2,6-10H2,1H3. The highest BCUT2D eigenvalue weighted by Gasteiger charge is 2.19. The molecule has 1 aromatic carbocycles. The molecule has 1 atom stereocenters. The topological polar surface area (TPSA) is 30.5 Å². The summed E-state index contributed by atoms with van der Waals surface area (Å²) < 4.78 is 11.3. The summed E-state index contributed by atoms with van der Waals surface area (Å²) in [4.78, 5) is 0. The first-order chi connectivity index (χ1) is 8.81. The van der Waals surface area contributed by atoms with Gasteiger partial charge in [-0.2, -0.15) is 0 Å². The Morgan fingerprint density at radius 1 is 1.50 bits per heavy atom. The molecule has 1 heterocycles. The molecule has 0 saturated carbocycles. The van der Waals surface area contributed by atoms with Crippen molar-refractivity contribution in [2.45, 2.75) is 32.4 Å². The van der Waals surface area contributed by atoms with Crippen molar-refractivity contribution in [2.24, 2.45) is 0 Å². The Labute approximate surface area is 113 Å². The molecule has 1 fully saturated rings. The van der Waals surface area contributed by atoms with E-state index >= 15 is 0 Å². The second-order valence-electron chi connectivity index (χ2n) is 4.50. The first-order valence-corrected chi connectivity index (χ1v) is 6.91. The van der Waals surface area contributed by atoms with Crippen molar-refractivity contribution in [3.8, 4) is 5.75 Å². The number of nitrogens with one attached hydrogen (secondary N) is 1. The van der Waals surface area contributed by atoms with E-state index in [1.54, 1.807) is 0 Å². The van der Waals surface area contributed by atoms with Gasteiger partial charge in [0.05, 0.1) is 13.2 Å². The van der Waals surface area contributed by atoms with Crippen LogP contribution < -0.4 is 10.1 Å². The summed E-state index contributed by atoms with van der Waals surface area (Å²) in [6, 6.07) is 5.81. The van der Waals surface area contributed by atoms with Gasteiger partial charge in [0.25, 0.3) is 0 Å². The van der Waals surface area contributed by atoms with E-state index in [0.29, 0.717) is 6.61 Å². The number of ether oxygens (including phenoxy) is 2. The molecular weight excluding hydrogens is 250 g/mol. The summed E-state index contributed by atoms with van der Waals surface area (Å²) in [5.74, 6) is 0.876. The first-order valence-electron chi connectivity index (χ1n) is 6.53. The fourth-order valence-electron chi connectivity index (χ4n) is 2.00. The third kappa shape index (κ3) is 3.61. The second kappa shape index (κ2) is 6.98. The Hall–Kier alpha value is -0.770. The van der Waals surface area contributed by atoms with E-state index < -0.39 is 0 Å². The summed E-state index contributed by atoms with van der Waals surface area (Å²) in [6.07, 6.45) is 2.22. The molecule has 0 bridgehead atoms. The number of rotatable bonds is 6. The van der Waals surface area contributed by atoms with Crippen molar-refractivity contribution in [1.29, 1.82) is 0 Å². The van der Waals surface area contributed by atoms with E-state index in [2.05, 4.69) is 12.2 Å². The third-order valence-corrected chi connectivity index (χ3v) is 3.34. The predicted octanol–water partition coefficient (Wildman–Crippen LogP) is 3.01. The van der Waals surface area contributed by atoms with Crippen LogP contribution in [0.5, 0.6) is 5.75 Å². The maximum absolute atomic E-state index is 6.24. The monoisotopic (exact) mass is 269 g/mol. The summed E-state index contributed by atoms with van der Waals surface area (Å²) in [7, 11) is 0. The van der Waals surface area contributed by atoms with Crippen LogP contribution in [0.3, 0.4) is 0 Å². The quantitative estimate of drug-likeness (QED) is 0.806. The van der Waals surface area contributed by atoms with Crippen molar-refractivity contribution in [3.05, 3.63) is 28.8 Å². The zero-order chi connectivity index (χ0) is 12.8. The van der Waals surface area contributed by atoms with Crippen LogP contribution in [-0.2, 0) is 11.3 Å². The number of benzene rings is 1. The van der Waals surface area contributed by atoms with E-state index in [1.165, 1.54) is 0 Å². The fraction of sp³-hybridized carbons (Fsp3) is 0.571. The van der Waals surface area contributed by atoms with Gasteiger partial charge in [0.2, 0.25) is 0 Å². The maximum atomic E-state index is 6.24. The molecule has 1 N–H and O–H groups in total. The molecule has 1 aliphatic rings. The van der Waals surface area contributed by atoms with Crippen LogP contribution in [0.15, 0.2) is 18.2 Å². The molecule has 3 nitrogen and oxygen atoms in total. The van der Waals surface area contributed by atoms with Crippen molar-refractivity contribution < 1.29 is 9.47 Å². The minimum atomic E-state index is 0.161. The molecule has 4 heteroatoms. The van der Waals surface area contributed by atoms with Crippen LogP contribution in [0.2, 0.25) is 5.02 Å². The Morgan fingerprint density at radius 2 is 2.39 bits per heavy atom. The van der Waals surface area contributed by atoms with E-state index in [0.717, 1.165) is 48.9 Å². The van der Waals surface area contributed by atoms with Crippen molar-refractivity contribution in [2.75, 3.05) is 19.8 Å². The third-order valence-electron chi connectivity index (χ3n) is 2.99. The van der Waals surface area contributed by atoms with E-state index in [4.69, 9.17) is 21.1 Å². The SMILES string of the molecule is CCCNCc1c(Cl)cccc1OC1CCOC1. The summed E-state index contributed by atoms with van der Waals surface area (Å²) in [6.45, 7) is 5.34.